The van der Waals surface area contributed by atoms with Crippen molar-refractivity contribution in [2.75, 3.05) is 24.5 Å². The summed E-state index contributed by atoms with van der Waals surface area (Å²) in [5.74, 6) is -0.374. The maximum Gasteiger partial charge on any atom is 0.356 e. The van der Waals surface area contributed by atoms with Crippen LogP contribution in [0.3, 0.4) is 0 Å². The van der Waals surface area contributed by atoms with Gasteiger partial charge >= 0.3 is 5.97 Å². The van der Waals surface area contributed by atoms with Gasteiger partial charge in [0.15, 0.2) is 5.69 Å². The van der Waals surface area contributed by atoms with Crippen LogP contribution in [0, 0.1) is 0 Å². The Bertz CT molecular complexity index is 546. The van der Waals surface area contributed by atoms with E-state index in [1.807, 2.05) is 0 Å². The lowest BCUT2D eigenvalue weighted by atomic mass is 9.97. The van der Waals surface area contributed by atoms with Gasteiger partial charge in [-0.3, -0.25) is 4.90 Å². The van der Waals surface area contributed by atoms with Gasteiger partial charge in [0.25, 0.3) is 0 Å². The van der Waals surface area contributed by atoms with Crippen molar-refractivity contribution in [3.05, 3.63) is 22.8 Å². The molecule has 2 fully saturated rings. The molecule has 3 rings (SSSR count). The van der Waals surface area contributed by atoms with Gasteiger partial charge < -0.3 is 10.0 Å². The van der Waals surface area contributed by atoms with Crippen LogP contribution in [0.5, 0.6) is 0 Å². The predicted molar refractivity (Wildman–Crippen MR) is 82.2 cm³/mol. The van der Waals surface area contributed by atoms with Crippen LogP contribution in [-0.2, 0) is 0 Å². The molecule has 5 nitrogen and oxygen atoms in total. The third-order valence-corrected chi connectivity index (χ3v) is 4.85. The van der Waals surface area contributed by atoms with Crippen LogP contribution in [-0.4, -0.2) is 52.7 Å². The zero-order valence-corrected chi connectivity index (χ0v) is 12.9. The molecule has 0 spiro atoms. The van der Waals surface area contributed by atoms with E-state index in [1.165, 1.54) is 25.8 Å². The van der Waals surface area contributed by atoms with Crippen LogP contribution in [0.15, 0.2) is 12.1 Å². The highest BCUT2D eigenvalue weighted by atomic mass is 35.5. The maximum absolute atomic E-state index is 11.1. The number of piperidine rings is 1. The lowest BCUT2D eigenvalue weighted by Gasteiger charge is -2.49. The van der Waals surface area contributed by atoms with E-state index in [-0.39, 0.29) is 10.7 Å². The summed E-state index contributed by atoms with van der Waals surface area (Å²) in [6.45, 7) is 5.30. The zero-order chi connectivity index (χ0) is 15.0. The zero-order valence-electron chi connectivity index (χ0n) is 12.1. The van der Waals surface area contributed by atoms with Crippen molar-refractivity contribution in [1.82, 2.24) is 9.88 Å². The number of aromatic carboxylic acids is 1. The third-order valence-electron chi connectivity index (χ3n) is 4.54. The minimum atomic E-state index is -1.08. The molecule has 0 bridgehead atoms. The van der Waals surface area contributed by atoms with Crippen LogP contribution in [0.4, 0.5) is 5.82 Å². The molecule has 0 amide bonds. The van der Waals surface area contributed by atoms with E-state index < -0.39 is 5.97 Å². The summed E-state index contributed by atoms with van der Waals surface area (Å²) < 4.78 is 0. The van der Waals surface area contributed by atoms with Crippen LogP contribution in [0.25, 0.3) is 0 Å². The quantitative estimate of drug-likeness (QED) is 0.929. The summed E-state index contributed by atoms with van der Waals surface area (Å²) in [6.07, 6.45) is 3.89. The normalized spacial score (nSPS) is 23.9. The highest BCUT2D eigenvalue weighted by Crippen LogP contribution is 2.28. The molecule has 2 aliphatic heterocycles. The number of hydrogen-bond donors (Lipinski definition) is 1. The summed E-state index contributed by atoms with van der Waals surface area (Å²) in [5.41, 5.74) is -0.0658. The molecule has 0 unspecified atom stereocenters. The molecule has 1 aromatic heterocycles. The Kier molecular flexibility index (Phi) is 4.04. The van der Waals surface area contributed by atoms with Crippen molar-refractivity contribution in [2.24, 2.45) is 0 Å². The molecule has 6 heteroatoms. The maximum atomic E-state index is 11.1. The second kappa shape index (κ2) is 5.81. The van der Waals surface area contributed by atoms with Gasteiger partial charge in [0.1, 0.15) is 5.82 Å². The SMILES string of the molecule is C[C@H]1CCCCN1C1CN(c2ccc(Cl)c(C(=O)O)n2)C1. The van der Waals surface area contributed by atoms with Crippen molar-refractivity contribution in [3.63, 3.8) is 0 Å². The summed E-state index contributed by atoms with van der Waals surface area (Å²) in [7, 11) is 0. The topological polar surface area (TPSA) is 56.7 Å². The van der Waals surface area contributed by atoms with E-state index in [1.54, 1.807) is 12.1 Å². The van der Waals surface area contributed by atoms with E-state index in [9.17, 15) is 4.79 Å². The fourth-order valence-corrected chi connectivity index (χ4v) is 3.46. The summed E-state index contributed by atoms with van der Waals surface area (Å²) in [4.78, 5) is 19.9. The molecule has 0 aromatic carbocycles. The molecule has 1 aromatic rings. The number of anilines is 1. The van der Waals surface area contributed by atoms with Crippen molar-refractivity contribution < 1.29 is 9.90 Å². The number of likely N-dealkylation sites (tertiary alicyclic amines) is 1. The minimum Gasteiger partial charge on any atom is -0.476 e. The number of carbonyl (C=O) groups is 1. The van der Waals surface area contributed by atoms with Gasteiger partial charge in [0, 0.05) is 25.2 Å². The van der Waals surface area contributed by atoms with Crippen LogP contribution < -0.4 is 4.90 Å². The van der Waals surface area contributed by atoms with Gasteiger partial charge in [0.2, 0.25) is 0 Å². The number of pyridine rings is 1. The molecule has 0 saturated carbocycles. The second-order valence-electron chi connectivity index (χ2n) is 5.95. The molecule has 0 radical (unpaired) electrons. The van der Waals surface area contributed by atoms with E-state index in [2.05, 4.69) is 21.7 Å². The van der Waals surface area contributed by atoms with E-state index in [4.69, 9.17) is 16.7 Å². The van der Waals surface area contributed by atoms with Gasteiger partial charge in [-0.25, -0.2) is 9.78 Å². The van der Waals surface area contributed by atoms with Gasteiger partial charge in [-0.1, -0.05) is 18.0 Å². The van der Waals surface area contributed by atoms with Gasteiger partial charge in [-0.05, 0) is 38.4 Å². The molecule has 114 valence electrons. The van der Waals surface area contributed by atoms with Crippen LogP contribution in [0.2, 0.25) is 5.02 Å². The summed E-state index contributed by atoms with van der Waals surface area (Å²) in [5, 5.41) is 9.27. The number of nitrogens with zero attached hydrogens (tertiary/aromatic N) is 3. The number of hydrogen-bond acceptors (Lipinski definition) is 4. The standard InChI is InChI=1S/C15H20ClN3O2/c1-10-4-2-3-7-19(10)11-8-18(9-11)13-6-5-12(16)14(17-13)15(20)21/h5-6,10-11H,2-4,7-9H2,1H3,(H,20,21)/t10-/m0/s1. The predicted octanol–water partition coefficient (Wildman–Crippen LogP) is 2.50. The molecule has 0 aliphatic carbocycles. The lowest BCUT2D eigenvalue weighted by molar-refractivity contribution is 0.0690. The van der Waals surface area contributed by atoms with Gasteiger partial charge in [0.05, 0.1) is 5.02 Å². The number of carboxylic acid groups (broad SMARTS) is 1. The van der Waals surface area contributed by atoms with Crippen molar-refractivity contribution in [1.29, 1.82) is 0 Å². The molecule has 2 aliphatic rings. The lowest BCUT2D eigenvalue weighted by Crippen LogP contribution is -2.62. The number of rotatable bonds is 3. The summed E-state index contributed by atoms with van der Waals surface area (Å²) >= 11 is 5.86. The van der Waals surface area contributed by atoms with Gasteiger partial charge in [-0.2, -0.15) is 0 Å². The Morgan fingerprint density at radius 2 is 2.14 bits per heavy atom. The van der Waals surface area contributed by atoms with E-state index in [0.29, 0.717) is 17.9 Å². The smallest absolute Gasteiger partial charge is 0.356 e. The average Bonchev–Trinajstić information content (AvgIpc) is 2.40. The number of halogens is 1. The van der Waals surface area contributed by atoms with E-state index >= 15 is 0 Å². The van der Waals surface area contributed by atoms with Gasteiger partial charge in [-0.15, -0.1) is 0 Å². The first kappa shape index (κ1) is 14.6. The first-order chi connectivity index (χ1) is 10.1. The molecule has 21 heavy (non-hydrogen) atoms. The highest BCUT2D eigenvalue weighted by Gasteiger charge is 2.35. The first-order valence-corrected chi connectivity index (χ1v) is 7.84. The second-order valence-corrected chi connectivity index (χ2v) is 6.35. The summed E-state index contributed by atoms with van der Waals surface area (Å²) in [6, 6.07) is 4.62. The van der Waals surface area contributed by atoms with E-state index in [0.717, 1.165) is 13.1 Å². The van der Waals surface area contributed by atoms with Crippen LogP contribution in [0.1, 0.15) is 36.7 Å². The largest absolute Gasteiger partial charge is 0.476 e. The monoisotopic (exact) mass is 309 g/mol. The Balaban J connectivity index is 1.66. The Morgan fingerprint density at radius 1 is 1.38 bits per heavy atom. The molecule has 2 saturated heterocycles. The molecule has 1 N–H and O–H groups in total. The van der Waals surface area contributed by atoms with Crippen molar-refractivity contribution in [3.8, 4) is 0 Å². The highest BCUT2D eigenvalue weighted by molar-refractivity contribution is 6.33. The van der Waals surface area contributed by atoms with Crippen molar-refractivity contribution in [2.45, 2.75) is 38.3 Å². The average molecular weight is 310 g/mol. The third kappa shape index (κ3) is 2.85. The molecule has 3 heterocycles. The van der Waals surface area contributed by atoms with Crippen LogP contribution >= 0.6 is 11.6 Å². The molecule has 1 atom stereocenters. The fourth-order valence-electron chi connectivity index (χ4n) is 3.27. The van der Waals surface area contributed by atoms with Crippen molar-refractivity contribution >= 4 is 23.4 Å². The first-order valence-electron chi connectivity index (χ1n) is 7.47. The fraction of sp³-hybridized carbons (Fsp3) is 0.600. The number of aromatic nitrogens is 1. The minimum absolute atomic E-state index is 0.0658. The Morgan fingerprint density at radius 3 is 2.81 bits per heavy atom. The Labute approximate surface area is 129 Å². The molecular formula is C15H20ClN3O2. The number of carboxylic acids is 1. The Hall–Kier alpha value is -1.33. The molecular weight excluding hydrogens is 290 g/mol.